The summed E-state index contributed by atoms with van der Waals surface area (Å²) >= 11 is 0. The van der Waals surface area contributed by atoms with Crippen molar-refractivity contribution in [2.24, 2.45) is 0 Å². The standard InChI is InChI=1S/C16H34O7SSi2.Na/c1-25(2,3)11-7-9-22-15(17)13-14(24(19,20)21)16(18)23-10-8-12-26(4,5)6;/h14H,7-13H2,1-6H3,(H,19,20,21);/q;+1/p-1. The molecule has 0 radical (unpaired) electrons. The summed E-state index contributed by atoms with van der Waals surface area (Å²) in [6, 6.07) is 1.87. The molecule has 0 saturated carbocycles. The first-order chi connectivity index (χ1) is 11.6. The van der Waals surface area contributed by atoms with Gasteiger partial charge in [0, 0.05) is 16.1 Å². The molecular weight excluding hydrogens is 415 g/mol. The van der Waals surface area contributed by atoms with Crippen molar-refractivity contribution < 1.29 is 61.6 Å². The fourth-order valence-electron chi connectivity index (χ4n) is 2.17. The molecule has 27 heavy (non-hydrogen) atoms. The molecule has 0 fully saturated rings. The zero-order chi connectivity index (χ0) is 20.6. The Kier molecular flexibility index (Phi) is 13.9. The van der Waals surface area contributed by atoms with E-state index in [0.717, 1.165) is 12.1 Å². The van der Waals surface area contributed by atoms with Crippen LogP contribution in [0.15, 0.2) is 0 Å². The minimum absolute atomic E-state index is 0. The van der Waals surface area contributed by atoms with E-state index < -0.39 is 49.9 Å². The molecular formula is C16H33NaO7SSi2. The molecule has 0 aliphatic heterocycles. The van der Waals surface area contributed by atoms with Gasteiger partial charge in [0.2, 0.25) is 0 Å². The Labute approximate surface area is 188 Å². The van der Waals surface area contributed by atoms with Gasteiger partial charge in [-0.05, 0) is 12.8 Å². The molecule has 0 N–H and O–H groups in total. The fraction of sp³-hybridized carbons (Fsp3) is 0.875. The molecule has 7 nitrogen and oxygen atoms in total. The molecule has 11 heteroatoms. The zero-order valence-corrected chi connectivity index (χ0v) is 22.6. The average molecular weight is 449 g/mol. The smallest absolute Gasteiger partial charge is 0.747 e. The Morgan fingerprint density at radius 2 is 1.30 bits per heavy atom. The molecule has 0 bridgehead atoms. The van der Waals surface area contributed by atoms with Crippen molar-refractivity contribution in [1.82, 2.24) is 0 Å². The molecule has 1 atom stereocenters. The number of carbonyl (C=O) groups is 2. The van der Waals surface area contributed by atoms with Crippen LogP contribution in [0.3, 0.4) is 0 Å². The van der Waals surface area contributed by atoms with Crippen molar-refractivity contribution in [1.29, 1.82) is 0 Å². The van der Waals surface area contributed by atoms with E-state index >= 15 is 0 Å². The summed E-state index contributed by atoms with van der Waals surface area (Å²) in [6.07, 6.45) is 0.483. The second kappa shape index (κ2) is 12.8. The van der Waals surface area contributed by atoms with Crippen LogP contribution in [-0.4, -0.2) is 59.5 Å². The molecule has 0 aromatic carbocycles. The minimum Gasteiger partial charge on any atom is -0.747 e. The van der Waals surface area contributed by atoms with Gasteiger partial charge in [-0.3, -0.25) is 9.59 Å². The zero-order valence-electron chi connectivity index (χ0n) is 17.8. The van der Waals surface area contributed by atoms with Gasteiger partial charge in [0.1, 0.15) is 10.1 Å². The predicted molar refractivity (Wildman–Crippen MR) is 106 cm³/mol. The second-order valence-electron chi connectivity index (χ2n) is 8.90. The van der Waals surface area contributed by atoms with Crippen LogP contribution in [0, 0.1) is 0 Å². The summed E-state index contributed by atoms with van der Waals surface area (Å²) < 4.78 is 43.8. The third kappa shape index (κ3) is 16.9. The van der Waals surface area contributed by atoms with Gasteiger partial charge in [-0.25, -0.2) is 8.42 Å². The summed E-state index contributed by atoms with van der Waals surface area (Å²) in [7, 11) is -7.53. The maximum atomic E-state index is 11.9. The first-order valence-corrected chi connectivity index (χ1v) is 17.8. The topological polar surface area (TPSA) is 110 Å². The Bertz CT molecular complexity index is 568. The molecule has 1 unspecified atom stereocenters. The van der Waals surface area contributed by atoms with Crippen LogP contribution < -0.4 is 29.6 Å². The largest absolute Gasteiger partial charge is 1.00 e. The SMILES string of the molecule is C[Si](C)(C)CCCOC(=O)CC(C(=O)OCCC[Si](C)(C)C)S(=O)(=O)[O-].[Na+]. The van der Waals surface area contributed by atoms with Crippen molar-refractivity contribution in [3.05, 3.63) is 0 Å². The molecule has 0 spiro atoms. The molecule has 0 amide bonds. The number of carbonyl (C=O) groups excluding carboxylic acids is 2. The van der Waals surface area contributed by atoms with Crippen molar-refractivity contribution in [2.75, 3.05) is 13.2 Å². The van der Waals surface area contributed by atoms with Gasteiger partial charge in [-0.2, -0.15) is 0 Å². The molecule has 0 aliphatic rings. The van der Waals surface area contributed by atoms with E-state index in [-0.39, 0.29) is 42.8 Å². The maximum absolute atomic E-state index is 11.9. The van der Waals surface area contributed by atoms with E-state index in [9.17, 15) is 22.6 Å². The number of ether oxygens (including phenoxy) is 2. The minimum atomic E-state index is -4.99. The monoisotopic (exact) mass is 448 g/mol. The number of esters is 2. The quantitative estimate of drug-likeness (QED) is 0.176. The van der Waals surface area contributed by atoms with Crippen LogP contribution >= 0.6 is 0 Å². The van der Waals surface area contributed by atoms with Gasteiger partial charge >= 0.3 is 41.5 Å². The Hall–Kier alpha value is 0.284. The van der Waals surface area contributed by atoms with E-state index in [1.54, 1.807) is 0 Å². The fourth-order valence-corrected chi connectivity index (χ4v) is 5.22. The van der Waals surface area contributed by atoms with E-state index in [2.05, 4.69) is 39.3 Å². The maximum Gasteiger partial charge on any atom is 1.00 e. The van der Waals surface area contributed by atoms with E-state index in [0.29, 0.717) is 12.8 Å². The van der Waals surface area contributed by atoms with Gasteiger partial charge in [0.15, 0.2) is 5.25 Å². The third-order valence-electron chi connectivity index (χ3n) is 3.61. The second-order valence-corrected chi connectivity index (χ2v) is 21.7. The van der Waals surface area contributed by atoms with Crippen LogP contribution in [0.5, 0.6) is 0 Å². The molecule has 0 heterocycles. The summed E-state index contributed by atoms with van der Waals surface area (Å²) in [5, 5.41) is -2.04. The Morgan fingerprint density at radius 3 is 1.67 bits per heavy atom. The average Bonchev–Trinajstić information content (AvgIpc) is 2.42. The van der Waals surface area contributed by atoms with Crippen molar-refractivity contribution in [3.63, 3.8) is 0 Å². The molecule has 0 saturated heterocycles. The summed E-state index contributed by atoms with van der Waals surface area (Å²) in [5.74, 6) is -2.04. The van der Waals surface area contributed by atoms with Gasteiger partial charge < -0.3 is 14.0 Å². The van der Waals surface area contributed by atoms with Crippen LogP contribution in [0.25, 0.3) is 0 Å². The van der Waals surface area contributed by atoms with Gasteiger partial charge in [-0.1, -0.05) is 51.4 Å². The molecule has 0 rings (SSSR count). The Balaban J connectivity index is 0. The summed E-state index contributed by atoms with van der Waals surface area (Å²) in [4.78, 5) is 23.7. The first-order valence-electron chi connectivity index (χ1n) is 8.89. The van der Waals surface area contributed by atoms with Crippen LogP contribution in [0.2, 0.25) is 51.4 Å². The van der Waals surface area contributed by atoms with E-state index in [1.807, 2.05) is 0 Å². The number of hydrogen-bond donors (Lipinski definition) is 0. The van der Waals surface area contributed by atoms with E-state index in [1.165, 1.54) is 0 Å². The summed E-state index contributed by atoms with van der Waals surface area (Å²) in [6.45, 7) is 13.3. The molecule has 0 aromatic heterocycles. The molecule has 154 valence electrons. The van der Waals surface area contributed by atoms with Crippen LogP contribution in [0.4, 0.5) is 0 Å². The first kappa shape index (κ1) is 29.5. The molecule has 0 aromatic rings. The van der Waals surface area contributed by atoms with Crippen molar-refractivity contribution >= 4 is 38.2 Å². The van der Waals surface area contributed by atoms with Crippen LogP contribution in [0.1, 0.15) is 19.3 Å². The normalized spacial score (nSPS) is 13.4. The van der Waals surface area contributed by atoms with Crippen LogP contribution in [-0.2, 0) is 29.2 Å². The van der Waals surface area contributed by atoms with Gasteiger partial charge in [0.25, 0.3) is 0 Å². The molecule has 0 aliphatic carbocycles. The van der Waals surface area contributed by atoms with Gasteiger partial charge in [-0.15, -0.1) is 0 Å². The number of rotatable bonds is 12. The number of hydrogen-bond acceptors (Lipinski definition) is 7. The predicted octanol–water partition coefficient (Wildman–Crippen LogP) is -0.163. The van der Waals surface area contributed by atoms with Crippen molar-refractivity contribution in [2.45, 2.75) is 75.9 Å². The van der Waals surface area contributed by atoms with Gasteiger partial charge in [0.05, 0.1) is 19.6 Å². The van der Waals surface area contributed by atoms with E-state index in [4.69, 9.17) is 9.47 Å². The Morgan fingerprint density at radius 1 is 0.889 bits per heavy atom. The summed E-state index contributed by atoms with van der Waals surface area (Å²) in [5.41, 5.74) is 0. The third-order valence-corrected chi connectivity index (χ3v) is 8.38. The van der Waals surface area contributed by atoms with Crippen molar-refractivity contribution in [3.8, 4) is 0 Å².